The van der Waals surface area contributed by atoms with E-state index in [4.69, 9.17) is 0 Å². The molecule has 17 heavy (non-hydrogen) atoms. The molecule has 0 amide bonds. The molecule has 0 aliphatic heterocycles. The van der Waals surface area contributed by atoms with Gasteiger partial charge in [-0.25, -0.2) is 0 Å². The number of alkyl halides is 1. The fourth-order valence-corrected chi connectivity index (χ4v) is 3.83. The molecule has 96 valence electrons. The number of Topliss-reactive ketones (excluding diaryl/α,β-unsaturated/α-hetero) is 1. The Balaban J connectivity index is 2.54. The van der Waals surface area contributed by atoms with Crippen molar-refractivity contribution in [2.45, 2.75) is 62.6 Å². The Morgan fingerprint density at radius 2 is 2.12 bits per heavy atom. The molecule has 0 saturated heterocycles. The van der Waals surface area contributed by atoms with Gasteiger partial charge in [-0.1, -0.05) is 49.2 Å². The van der Waals surface area contributed by atoms with Crippen LogP contribution in [0.3, 0.4) is 0 Å². The average Bonchev–Trinajstić information content (AvgIpc) is 2.20. The Labute approximate surface area is 120 Å². The fourth-order valence-electron chi connectivity index (χ4n) is 2.24. The van der Waals surface area contributed by atoms with E-state index in [0.29, 0.717) is 5.78 Å². The van der Waals surface area contributed by atoms with Gasteiger partial charge in [0, 0.05) is 12.8 Å². The van der Waals surface area contributed by atoms with Crippen LogP contribution in [0.2, 0.25) is 19.6 Å². The lowest BCUT2D eigenvalue weighted by atomic mass is 9.72. The second-order valence-corrected chi connectivity index (χ2v) is 12.4. The van der Waals surface area contributed by atoms with Crippen molar-refractivity contribution in [2.24, 2.45) is 5.41 Å². The van der Waals surface area contributed by atoms with E-state index < -0.39 is 8.07 Å². The Kier molecular flexibility index (Phi) is 5.27. The van der Waals surface area contributed by atoms with E-state index in [1.165, 1.54) is 6.42 Å². The molecule has 1 saturated carbocycles. The summed E-state index contributed by atoms with van der Waals surface area (Å²) in [5.74, 6) is 3.77. The molecular weight excluding hydrogens is 339 g/mol. The van der Waals surface area contributed by atoms with Crippen LogP contribution in [0.25, 0.3) is 0 Å². The smallest absolute Gasteiger partial charge is 0.146 e. The summed E-state index contributed by atoms with van der Waals surface area (Å²) in [5.41, 5.74) is 3.59. The molecule has 2 atom stereocenters. The topological polar surface area (TPSA) is 17.1 Å². The normalized spacial score (nSPS) is 29.7. The molecular formula is C14H23IOSi. The number of ketones is 1. The van der Waals surface area contributed by atoms with Gasteiger partial charge in [-0.2, -0.15) is 0 Å². The Hall–Kier alpha value is 0.177. The van der Waals surface area contributed by atoms with Crippen LogP contribution in [0.4, 0.5) is 0 Å². The van der Waals surface area contributed by atoms with Crippen molar-refractivity contribution in [1.29, 1.82) is 0 Å². The minimum atomic E-state index is -1.23. The molecule has 0 aromatic rings. The fraction of sp³-hybridized carbons (Fsp3) is 0.786. The number of hydrogen-bond acceptors (Lipinski definition) is 1. The summed E-state index contributed by atoms with van der Waals surface area (Å²) in [6.07, 6.45) is 5.05. The highest BCUT2D eigenvalue weighted by Gasteiger charge is 2.39. The number of halogens is 1. The third-order valence-electron chi connectivity index (χ3n) is 3.35. The lowest BCUT2D eigenvalue weighted by Crippen LogP contribution is -2.38. The Morgan fingerprint density at radius 3 is 2.71 bits per heavy atom. The van der Waals surface area contributed by atoms with E-state index >= 15 is 0 Å². The molecule has 0 bridgehead atoms. The first-order chi connectivity index (χ1) is 7.75. The summed E-state index contributed by atoms with van der Waals surface area (Å²) in [4.78, 5) is 11.8. The molecule has 0 unspecified atom stereocenters. The molecule has 1 aliphatic rings. The molecule has 0 aromatic heterocycles. The zero-order valence-electron chi connectivity index (χ0n) is 11.4. The maximum Gasteiger partial charge on any atom is 0.146 e. The molecule has 1 nitrogen and oxygen atoms in total. The number of carbonyl (C=O) groups is 1. The number of hydrogen-bond donors (Lipinski definition) is 0. The summed E-state index contributed by atoms with van der Waals surface area (Å²) in [6, 6.07) is 0. The summed E-state index contributed by atoms with van der Waals surface area (Å²) in [6.45, 7) is 9.07. The second-order valence-electron chi connectivity index (χ2n) is 6.39. The quantitative estimate of drug-likeness (QED) is 0.311. The molecule has 1 fully saturated rings. The van der Waals surface area contributed by atoms with Gasteiger partial charge >= 0.3 is 0 Å². The molecule has 0 heterocycles. The predicted molar refractivity (Wildman–Crippen MR) is 85.1 cm³/mol. The minimum absolute atomic E-state index is 0.185. The number of carbonyl (C=O) groups excluding carboxylic acids is 1. The third kappa shape index (κ3) is 4.74. The van der Waals surface area contributed by atoms with Crippen LogP contribution >= 0.6 is 22.6 Å². The van der Waals surface area contributed by atoms with Gasteiger partial charge in [-0.15, -0.1) is 11.5 Å². The minimum Gasteiger partial charge on any atom is -0.299 e. The van der Waals surface area contributed by atoms with Gasteiger partial charge in [0.25, 0.3) is 0 Å². The first-order valence-electron chi connectivity index (χ1n) is 6.41. The zero-order chi connectivity index (χ0) is 13.1. The van der Waals surface area contributed by atoms with Gasteiger partial charge in [0.2, 0.25) is 0 Å². The molecule has 1 rings (SSSR count). The van der Waals surface area contributed by atoms with E-state index in [1.54, 1.807) is 0 Å². The SMILES string of the molecule is C[C@@]1(CCC#C[Si](C)(C)C)CCCC(=O)[C@H]1I. The number of rotatable bonds is 2. The summed E-state index contributed by atoms with van der Waals surface area (Å²) in [5, 5.41) is 0. The predicted octanol–water partition coefficient (Wildman–Crippen LogP) is 4.21. The highest BCUT2D eigenvalue weighted by atomic mass is 127. The molecule has 0 spiro atoms. The third-order valence-corrected chi connectivity index (χ3v) is 6.48. The lowest BCUT2D eigenvalue weighted by Gasteiger charge is -2.37. The van der Waals surface area contributed by atoms with Gasteiger partial charge in [-0.05, 0) is 24.7 Å². The van der Waals surface area contributed by atoms with E-state index in [0.717, 1.165) is 25.7 Å². The zero-order valence-corrected chi connectivity index (χ0v) is 14.6. The molecule has 0 radical (unpaired) electrons. The highest BCUT2D eigenvalue weighted by Crippen LogP contribution is 2.42. The van der Waals surface area contributed by atoms with E-state index in [2.05, 4.69) is 60.6 Å². The van der Waals surface area contributed by atoms with Crippen LogP contribution in [-0.2, 0) is 4.79 Å². The first-order valence-corrected chi connectivity index (χ1v) is 11.2. The molecule has 3 heteroatoms. The van der Waals surface area contributed by atoms with Gasteiger partial charge in [0.15, 0.2) is 0 Å². The monoisotopic (exact) mass is 362 g/mol. The van der Waals surface area contributed by atoms with Crippen molar-refractivity contribution >= 4 is 36.4 Å². The van der Waals surface area contributed by atoms with Crippen LogP contribution in [0.15, 0.2) is 0 Å². The van der Waals surface area contributed by atoms with E-state index in [1.807, 2.05) is 0 Å². The molecule has 1 aliphatic carbocycles. The standard InChI is InChI=1S/C14H23IOSi/c1-14(9-5-6-11-17(2,3)4)10-7-8-12(16)13(14)15/h13H,5,7-10H2,1-4H3/t13-,14-/m1/s1. The van der Waals surface area contributed by atoms with Gasteiger partial charge < -0.3 is 0 Å². The van der Waals surface area contributed by atoms with Crippen molar-refractivity contribution < 1.29 is 4.79 Å². The summed E-state index contributed by atoms with van der Waals surface area (Å²) < 4.78 is 0.197. The lowest BCUT2D eigenvalue weighted by molar-refractivity contribution is -0.122. The van der Waals surface area contributed by atoms with Gasteiger partial charge in [0.05, 0.1) is 3.92 Å². The maximum atomic E-state index is 11.8. The largest absolute Gasteiger partial charge is 0.299 e. The van der Waals surface area contributed by atoms with Crippen LogP contribution in [0.1, 0.15) is 39.0 Å². The Bertz CT molecular complexity index is 347. The van der Waals surface area contributed by atoms with Crippen LogP contribution in [0, 0.1) is 16.9 Å². The maximum absolute atomic E-state index is 11.8. The van der Waals surface area contributed by atoms with Crippen molar-refractivity contribution in [3.8, 4) is 11.5 Å². The second kappa shape index (κ2) is 5.88. The summed E-state index contributed by atoms with van der Waals surface area (Å²) >= 11 is 2.34. The summed E-state index contributed by atoms with van der Waals surface area (Å²) in [7, 11) is -1.23. The first kappa shape index (κ1) is 15.2. The van der Waals surface area contributed by atoms with Crippen molar-refractivity contribution in [2.75, 3.05) is 0 Å². The van der Waals surface area contributed by atoms with Crippen LogP contribution in [0.5, 0.6) is 0 Å². The van der Waals surface area contributed by atoms with Crippen molar-refractivity contribution in [1.82, 2.24) is 0 Å². The van der Waals surface area contributed by atoms with E-state index in [-0.39, 0.29) is 9.34 Å². The van der Waals surface area contributed by atoms with Gasteiger partial charge in [-0.3, -0.25) is 4.79 Å². The highest BCUT2D eigenvalue weighted by molar-refractivity contribution is 14.1. The van der Waals surface area contributed by atoms with Crippen LogP contribution in [-0.4, -0.2) is 17.8 Å². The van der Waals surface area contributed by atoms with E-state index in [9.17, 15) is 4.79 Å². The van der Waals surface area contributed by atoms with Gasteiger partial charge in [0.1, 0.15) is 13.9 Å². The Morgan fingerprint density at radius 1 is 1.47 bits per heavy atom. The van der Waals surface area contributed by atoms with Crippen LogP contribution < -0.4 is 0 Å². The van der Waals surface area contributed by atoms with Crippen molar-refractivity contribution in [3.05, 3.63) is 0 Å². The van der Waals surface area contributed by atoms with Crippen molar-refractivity contribution in [3.63, 3.8) is 0 Å². The molecule has 0 N–H and O–H groups in total. The average molecular weight is 362 g/mol. The molecule has 0 aromatic carbocycles.